The predicted molar refractivity (Wildman–Crippen MR) is 134 cm³/mol. The molecule has 3 aromatic rings. The van der Waals surface area contributed by atoms with Crippen molar-refractivity contribution in [3.8, 4) is 23.0 Å². The summed E-state index contributed by atoms with van der Waals surface area (Å²) in [5.74, 6) is 2.29. The van der Waals surface area contributed by atoms with Crippen LogP contribution in [0.4, 0.5) is 5.69 Å². The summed E-state index contributed by atoms with van der Waals surface area (Å²) < 4.78 is 22.2. The van der Waals surface area contributed by atoms with Gasteiger partial charge in [0.05, 0.1) is 5.56 Å². The fourth-order valence-corrected chi connectivity index (χ4v) is 4.33. The second-order valence-electron chi connectivity index (χ2n) is 8.63. The summed E-state index contributed by atoms with van der Waals surface area (Å²) in [7, 11) is 0. The van der Waals surface area contributed by atoms with Crippen LogP contribution in [-0.4, -0.2) is 49.8 Å². The van der Waals surface area contributed by atoms with Crippen LogP contribution in [0.25, 0.3) is 0 Å². The minimum atomic E-state index is -0.166. The number of carbonyl (C=O) groups excluding carboxylic acids is 2. The molecule has 1 fully saturated rings. The largest absolute Gasteiger partial charge is 0.490 e. The van der Waals surface area contributed by atoms with E-state index in [2.05, 4.69) is 5.32 Å². The quantitative estimate of drug-likeness (QED) is 0.474. The first-order chi connectivity index (χ1) is 17.7. The van der Waals surface area contributed by atoms with Gasteiger partial charge < -0.3 is 29.2 Å². The molecule has 2 aliphatic rings. The van der Waals surface area contributed by atoms with Crippen LogP contribution in [0.5, 0.6) is 23.0 Å². The number of hydrogen-bond donors (Lipinski definition) is 1. The molecule has 0 radical (unpaired) electrons. The Morgan fingerprint density at radius 3 is 2.42 bits per heavy atom. The van der Waals surface area contributed by atoms with Gasteiger partial charge in [-0.3, -0.25) is 9.59 Å². The number of piperidine rings is 1. The standard InChI is InChI=1S/C28H28N2O6/c31-27(29-21-10-11-25-26(18-21)36-19-35-25)20-12-14-30(15-13-20)28(32)23-8-4-5-9-24(23)34-17-16-33-22-6-2-1-3-7-22/h1-11,18,20H,12-17,19H2,(H,29,31). The third kappa shape index (κ3) is 5.54. The van der Waals surface area contributed by atoms with Crippen LogP contribution in [0.3, 0.4) is 0 Å². The summed E-state index contributed by atoms with van der Waals surface area (Å²) in [6.45, 7) is 1.89. The summed E-state index contributed by atoms with van der Waals surface area (Å²) in [5.41, 5.74) is 1.19. The van der Waals surface area contributed by atoms with Crippen molar-refractivity contribution in [2.24, 2.45) is 5.92 Å². The third-order valence-electron chi connectivity index (χ3n) is 6.26. The Kier molecular flexibility index (Phi) is 7.21. The Hall–Kier alpha value is -4.20. The van der Waals surface area contributed by atoms with Crippen LogP contribution in [0, 0.1) is 5.92 Å². The van der Waals surface area contributed by atoms with E-state index in [0.717, 1.165) is 5.75 Å². The molecule has 0 atom stereocenters. The molecule has 0 spiro atoms. The number of para-hydroxylation sites is 2. The smallest absolute Gasteiger partial charge is 0.257 e. The first-order valence-corrected chi connectivity index (χ1v) is 12.1. The molecule has 5 rings (SSSR count). The minimum absolute atomic E-state index is 0.0527. The molecule has 8 heteroatoms. The molecule has 3 aromatic carbocycles. The number of anilines is 1. The summed E-state index contributed by atoms with van der Waals surface area (Å²) >= 11 is 0. The van der Waals surface area contributed by atoms with E-state index in [1.54, 1.807) is 35.2 Å². The molecule has 8 nitrogen and oxygen atoms in total. The number of ether oxygens (including phenoxy) is 4. The number of hydrogen-bond acceptors (Lipinski definition) is 6. The summed E-state index contributed by atoms with van der Waals surface area (Å²) in [6, 6.07) is 22.1. The molecule has 0 unspecified atom stereocenters. The monoisotopic (exact) mass is 488 g/mol. The highest BCUT2D eigenvalue weighted by Gasteiger charge is 2.29. The van der Waals surface area contributed by atoms with E-state index in [-0.39, 0.29) is 24.5 Å². The van der Waals surface area contributed by atoms with Crippen molar-refractivity contribution in [2.75, 3.05) is 38.4 Å². The van der Waals surface area contributed by atoms with E-state index >= 15 is 0 Å². The number of carbonyl (C=O) groups is 2. The maximum atomic E-state index is 13.2. The normalized spacial score (nSPS) is 14.8. The van der Waals surface area contributed by atoms with Gasteiger partial charge in [-0.1, -0.05) is 30.3 Å². The SMILES string of the molecule is O=C(Nc1ccc2c(c1)OCO2)C1CCN(C(=O)c2ccccc2OCCOc2ccccc2)CC1. The number of fused-ring (bicyclic) bond motifs is 1. The maximum absolute atomic E-state index is 13.2. The fourth-order valence-electron chi connectivity index (χ4n) is 4.33. The molecule has 0 bridgehead atoms. The molecule has 36 heavy (non-hydrogen) atoms. The van der Waals surface area contributed by atoms with E-state index in [0.29, 0.717) is 67.6 Å². The van der Waals surface area contributed by atoms with E-state index in [9.17, 15) is 9.59 Å². The van der Waals surface area contributed by atoms with Gasteiger partial charge in [-0.25, -0.2) is 0 Å². The number of nitrogens with one attached hydrogen (secondary N) is 1. The molecule has 2 amide bonds. The van der Waals surface area contributed by atoms with Crippen LogP contribution in [0.15, 0.2) is 72.8 Å². The van der Waals surface area contributed by atoms with Crippen molar-refractivity contribution in [2.45, 2.75) is 12.8 Å². The zero-order chi connectivity index (χ0) is 24.7. The molecule has 1 saturated heterocycles. The first kappa shape index (κ1) is 23.5. The number of rotatable bonds is 8. The zero-order valence-electron chi connectivity index (χ0n) is 19.9. The molecule has 0 saturated carbocycles. The highest BCUT2D eigenvalue weighted by atomic mass is 16.7. The average molecular weight is 489 g/mol. The predicted octanol–water partition coefficient (Wildman–Crippen LogP) is 4.36. The van der Waals surface area contributed by atoms with Gasteiger partial charge in [-0.15, -0.1) is 0 Å². The molecular formula is C28H28N2O6. The van der Waals surface area contributed by atoms with Gasteiger partial charge in [0.1, 0.15) is 24.7 Å². The van der Waals surface area contributed by atoms with Crippen molar-refractivity contribution in [3.05, 3.63) is 78.4 Å². The van der Waals surface area contributed by atoms with Crippen molar-refractivity contribution in [1.82, 2.24) is 4.90 Å². The van der Waals surface area contributed by atoms with Crippen molar-refractivity contribution >= 4 is 17.5 Å². The van der Waals surface area contributed by atoms with Gasteiger partial charge in [-0.05, 0) is 49.2 Å². The van der Waals surface area contributed by atoms with Gasteiger partial charge in [0.15, 0.2) is 11.5 Å². The number of benzene rings is 3. The molecular weight excluding hydrogens is 460 g/mol. The van der Waals surface area contributed by atoms with E-state index < -0.39 is 0 Å². The lowest BCUT2D eigenvalue weighted by molar-refractivity contribution is -0.121. The van der Waals surface area contributed by atoms with E-state index in [1.165, 1.54) is 0 Å². The van der Waals surface area contributed by atoms with Crippen LogP contribution < -0.4 is 24.3 Å². The van der Waals surface area contributed by atoms with Crippen LogP contribution >= 0.6 is 0 Å². The molecule has 1 N–H and O–H groups in total. The second-order valence-corrected chi connectivity index (χ2v) is 8.63. The number of amides is 2. The average Bonchev–Trinajstić information content (AvgIpc) is 3.40. The summed E-state index contributed by atoms with van der Waals surface area (Å²) in [4.78, 5) is 27.8. The maximum Gasteiger partial charge on any atom is 0.257 e. The molecule has 0 aromatic heterocycles. The van der Waals surface area contributed by atoms with Gasteiger partial charge >= 0.3 is 0 Å². The highest BCUT2D eigenvalue weighted by molar-refractivity contribution is 5.97. The molecule has 186 valence electrons. The van der Waals surface area contributed by atoms with E-state index in [1.807, 2.05) is 42.5 Å². The first-order valence-electron chi connectivity index (χ1n) is 12.1. The lowest BCUT2D eigenvalue weighted by Gasteiger charge is -2.31. The minimum Gasteiger partial charge on any atom is -0.490 e. The fraction of sp³-hybridized carbons (Fsp3) is 0.286. The molecule has 0 aliphatic carbocycles. The van der Waals surface area contributed by atoms with Crippen LogP contribution in [0.2, 0.25) is 0 Å². The van der Waals surface area contributed by atoms with Crippen LogP contribution in [-0.2, 0) is 4.79 Å². The summed E-state index contributed by atoms with van der Waals surface area (Å²) in [5, 5.41) is 2.96. The number of likely N-dealkylation sites (tertiary alicyclic amines) is 1. The Balaban J connectivity index is 1.12. The lowest BCUT2D eigenvalue weighted by atomic mass is 9.95. The molecule has 2 heterocycles. The van der Waals surface area contributed by atoms with Crippen molar-refractivity contribution in [3.63, 3.8) is 0 Å². The van der Waals surface area contributed by atoms with E-state index in [4.69, 9.17) is 18.9 Å². The third-order valence-corrected chi connectivity index (χ3v) is 6.26. The van der Waals surface area contributed by atoms with Gasteiger partial charge in [0.2, 0.25) is 12.7 Å². The van der Waals surface area contributed by atoms with Gasteiger partial charge in [-0.2, -0.15) is 0 Å². The Bertz CT molecular complexity index is 1210. The molecule has 2 aliphatic heterocycles. The Morgan fingerprint density at radius 2 is 1.58 bits per heavy atom. The Labute approximate surface area is 209 Å². The van der Waals surface area contributed by atoms with Gasteiger partial charge in [0, 0.05) is 30.8 Å². The number of nitrogens with zero attached hydrogens (tertiary/aromatic N) is 1. The van der Waals surface area contributed by atoms with Crippen molar-refractivity contribution in [1.29, 1.82) is 0 Å². The lowest BCUT2D eigenvalue weighted by Crippen LogP contribution is -2.41. The van der Waals surface area contributed by atoms with Gasteiger partial charge in [0.25, 0.3) is 5.91 Å². The van der Waals surface area contributed by atoms with Crippen LogP contribution in [0.1, 0.15) is 23.2 Å². The summed E-state index contributed by atoms with van der Waals surface area (Å²) in [6.07, 6.45) is 1.19. The second kappa shape index (κ2) is 11.0. The van der Waals surface area contributed by atoms with Crippen molar-refractivity contribution < 1.29 is 28.5 Å². The highest BCUT2D eigenvalue weighted by Crippen LogP contribution is 2.34. The Morgan fingerprint density at radius 1 is 0.861 bits per heavy atom. The zero-order valence-corrected chi connectivity index (χ0v) is 19.9. The topological polar surface area (TPSA) is 86.3 Å².